The van der Waals surface area contributed by atoms with Gasteiger partial charge < -0.3 is 19.6 Å². The maximum absolute atomic E-state index is 13.9. The number of pyridine rings is 1. The zero-order valence-corrected chi connectivity index (χ0v) is 16.1. The van der Waals surface area contributed by atoms with Gasteiger partial charge in [-0.25, -0.2) is 9.37 Å². The molecule has 0 saturated carbocycles. The lowest BCUT2D eigenvalue weighted by Gasteiger charge is -2.34. The second-order valence-electron chi connectivity index (χ2n) is 7.02. The van der Waals surface area contributed by atoms with Crippen molar-refractivity contribution >= 4 is 11.7 Å². The van der Waals surface area contributed by atoms with E-state index < -0.39 is 5.82 Å². The molecule has 0 bridgehead atoms. The average Bonchev–Trinajstić information content (AvgIpc) is 3.23. The molecule has 1 saturated heterocycles. The summed E-state index contributed by atoms with van der Waals surface area (Å²) >= 11 is 0. The monoisotopic (exact) mass is 395 g/mol. The molecular formula is C21H22FN5O2. The first-order valence-electron chi connectivity index (χ1n) is 9.49. The van der Waals surface area contributed by atoms with Gasteiger partial charge in [0.25, 0.3) is 5.91 Å². The third kappa shape index (κ3) is 4.27. The zero-order chi connectivity index (χ0) is 20.2. The van der Waals surface area contributed by atoms with Gasteiger partial charge in [0.15, 0.2) is 11.5 Å². The molecule has 29 heavy (non-hydrogen) atoms. The van der Waals surface area contributed by atoms with Crippen LogP contribution >= 0.6 is 0 Å². The highest BCUT2D eigenvalue weighted by atomic mass is 19.1. The molecule has 0 radical (unpaired) electrons. The molecule has 1 fully saturated rings. The van der Waals surface area contributed by atoms with Crippen molar-refractivity contribution in [1.82, 2.24) is 20.4 Å². The van der Waals surface area contributed by atoms with Crippen molar-refractivity contribution in [2.75, 3.05) is 38.1 Å². The Hall–Kier alpha value is -3.26. The first kappa shape index (κ1) is 19.1. The van der Waals surface area contributed by atoms with Crippen LogP contribution in [0.2, 0.25) is 0 Å². The average molecular weight is 395 g/mol. The minimum absolute atomic E-state index is 0.105. The van der Waals surface area contributed by atoms with Crippen molar-refractivity contribution in [3.63, 3.8) is 0 Å². The first-order valence-corrected chi connectivity index (χ1v) is 9.49. The lowest BCUT2D eigenvalue weighted by Crippen LogP contribution is -2.45. The van der Waals surface area contributed by atoms with Gasteiger partial charge in [0.2, 0.25) is 0 Å². The molecule has 3 heterocycles. The molecule has 0 unspecified atom stereocenters. The molecule has 8 heteroatoms. The quantitative estimate of drug-likeness (QED) is 0.716. The fraction of sp³-hybridized carbons (Fsp3) is 0.286. The predicted octanol–water partition coefficient (Wildman–Crippen LogP) is 2.56. The van der Waals surface area contributed by atoms with E-state index in [1.54, 1.807) is 24.4 Å². The summed E-state index contributed by atoms with van der Waals surface area (Å²) in [5.41, 5.74) is 1.31. The molecule has 7 nitrogen and oxygen atoms in total. The summed E-state index contributed by atoms with van der Waals surface area (Å²) in [5, 5.41) is 6.63. The molecule has 0 spiro atoms. The van der Waals surface area contributed by atoms with Crippen molar-refractivity contribution < 1.29 is 13.7 Å². The summed E-state index contributed by atoms with van der Waals surface area (Å²) in [6, 6.07) is 11.5. The normalized spacial score (nSPS) is 14.8. The van der Waals surface area contributed by atoms with E-state index in [1.807, 2.05) is 12.1 Å². The van der Waals surface area contributed by atoms with Gasteiger partial charge in [-0.2, -0.15) is 0 Å². The summed E-state index contributed by atoms with van der Waals surface area (Å²) in [7, 11) is 2.10. The molecule has 3 aromatic rings. The fourth-order valence-corrected chi connectivity index (χ4v) is 3.31. The molecule has 1 amide bonds. The molecule has 150 valence electrons. The van der Waals surface area contributed by atoms with E-state index >= 15 is 0 Å². The van der Waals surface area contributed by atoms with E-state index in [2.05, 4.69) is 32.3 Å². The molecule has 1 aromatic carbocycles. The molecule has 0 aliphatic carbocycles. The van der Waals surface area contributed by atoms with Crippen LogP contribution in [0.3, 0.4) is 0 Å². The lowest BCUT2D eigenvalue weighted by molar-refractivity contribution is 0.0942. The Morgan fingerprint density at radius 1 is 1.17 bits per heavy atom. The van der Waals surface area contributed by atoms with E-state index in [0.717, 1.165) is 37.6 Å². The SMILES string of the molecule is CN1CCN(c2ncccc2CNC(=O)c2cc(-c3ccccc3F)on2)CC1. The van der Waals surface area contributed by atoms with Crippen molar-refractivity contribution in [3.05, 3.63) is 65.7 Å². The van der Waals surface area contributed by atoms with Gasteiger partial charge in [-0.1, -0.05) is 23.4 Å². The number of hydrogen-bond acceptors (Lipinski definition) is 6. The third-order valence-electron chi connectivity index (χ3n) is 4.99. The maximum atomic E-state index is 13.9. The summed E-state index contributed by atoms with van der Waals surface area (Å²) in [4.78, 5) is 21.5. The second kappa shape index (κ2) is 8.40. The van der Waals surface area contributed by atoms with Crippen LogP contribution < -0.4 is 10.2 Å². The number of nitrogens with zero attached hydrogens (tertiary/aromatic N) is 4. The fourth-order valence-electron chi connectivity index (χ4n) is 3.31. The van der Waals surface area contributed by atoms with Crippen LogP contribution in [0.5, 0.6) is 0 Å². The van der Waals surface area contributed by atoms with E-state index in [-0.39, 0.29) is 22.9 Å². The van der Waals surface area contributed by atoms with Gasteiger partial charge in [-0.05, 0) is 25.2 Å². The van der Waals surface area contributed by atoms with E-state index in [1.165, 1.54) is 12.1 Å². The van der Waals surface area contributed by atoms with Gasteiger partial charge in [-0.15, -0.1) is 0 Å². The minimum atomic E-state index is -0.428. The van der Waals surface area contributed by atoms with Crippen molar-refractivity contribution in [1.29, 1.82) is 0 Å². The van der Waals surface area contributed by atoms with Crippen molar-refractivity contribution in [2.24, 2.45) is 0 Å². The Bertz CT molecular complexity index is 998. The number of hydrogen-bond donors (Lipinski definition) is 1. The number of halogens is 1. The molecule has 1 aliphatic rings. The smallest absolute Gasteiger partial charge is 0.273 e. The molecule has 4 rings (SSSR count). The number of likely N-dealkylation sites (N-methyl/N-ethyl adjacent to an activating group) is 1. The predicted molar refractivity (Wildman–Crippen MR) is 107 cm³/mol. The Morgan fingerprint density at radius 2 is 1.97 bits per heavy atom. The standard InChI is InChI=1S/C21H22FN5O2/c1-26-9-11-27(12-10-26)20-15(5-4-8-23-20)14-24-21(28)18-13-19(29-25-18)16-6-2-3-7-17(16)22/h2-8,13H,9-12,14H2,1H3,(H,24,28). The maximum Gasteiger partial charge on any atom is 0.273 e. The topological polar surface area (TPSA) is 74.5 Å². The number of amides is 1. The van der Waals surface area contributed by atoms with Gasteiger partial charge in [0.05, 0.1) is 5.56 Å². The molecular weight excluding hydrogens is 373 g/mol. The highest BCUT2D eigenvalue weighted by molar-refractivity contribution is 5.93. The number of nitrogens with one attached hydrogen (secondary N) is 1. The Labute approximate surface area is 168 Å². The van der Waals surface area contributed by atoms with Crippen molar-refractivity contribution in [2.45, 2.75) is 6.54 Å². The number of piperazine rings is 1. The molecule has 1 aliphatic heterocycles. The third-order valence-corrected chi connectivity index (χ3v) is 4.99. The first-order chi connectivity index (χ1) is 14.1. The lowest BCUT2D eigenvalue weighted by atomic mass is 10.1. The zero-order valence-electron chi connectivity index (χ0n) is 16.1. The van der Waals surface area contributed by atoms with Crippen LogP contribution in [0.25, 0.3) is 11.3 Å². The molecule has 1 N–H and O–H groups in total. The summed E-state index contributed by atoms with van der Waals surface area (Å²) in [6.07, 6.45) is 1.76. The van der Waals surface area contributed by atoms with Gasteiger partial charge in [0.1, 0.15) is 11.6 Å². The van der Waals surface area contributed by atoms with Crippen LogP contribution in [-0.4, -0.2) is 54.2 Å². The number of benzene rings is 1. The highest BCUT2D eigenvalue weighted by Gasteiger charge is 2.19. The van der Waals surface area contributed by atoms with Crippen molar-refractivity contribution in [3.8, 4) is 11.3 Å². The number of anilines is 1. The van der Waals surface area contributed by atoms with Gasteiger partial charge in [-0.3, -0.25) is 4.79 Å². The van der Waals surface area contributed by atoms with Gasteiger partial charge >= 0.3 is 0 Å². The second-order valence-corrected chi connectivity index (χ2v) is 7.02. The van der Waals surface area contributed by atoms with E-state index in [0.29, 0.717) is 6.54 Å². The van der Waals surface area contributed by atoms with Crippen LogP contribution in [0.15, 0.2) is 53.2 Å². The summed E-state index contributed by atoms with van der Waals surface area (Å²) in [5.74, 6) is 0.285. The summed E-state index contributed by atoms with van der Waals surface area (Å²) in [6.45, 7) is 4.05. The van der Waals surface area contributed by atoms with Crippen LogP contribution in [0.4, 0.5) is 10.2 Å². The van der Waals surface area contributed by atoms with Crippen LogP contribution in [0, 0.1) is 5.82 Å². The molecule has 2 aromatic heterocycles. The highest BCUT2D eigenvalue weighted by Crippen LogP contribution is 2.23. The minimum Gasteiger partial charge on any atom is -0.355 e. The van der Waals surface area contributed by atoms with Gasteiger partial charge in [0, 0.05) is 50.6 Å². The number of carbonyl (C=O) groups excluding carboxylic acids is 1. The van der Waals surface area contributed by atoms with Crippen LogP contribution in [0.1, 0.15) is 16.1 Å². The van der Waals surface area contributed by atoms with Crippen LogP contribution in [-0.2, 0) is 6.54 Å². The molecule has 0 atom stereocenters. The van der Waals surface area contributed by atoms with E-state index in [4.69, 9.17) is 4.52 Å². The number of aromatic nitrogens is 2. The Morgan fingerprint density at radius 3 is 2.76 bits per heavy atom. The largest absolute Gasteiger partial charge is 0.355 e. The summed E-state index contributed by atoms with van der Waals surface area (Å²) < 4.78 is 19.1. The Balaban J connectivity index is 1.44. The number of carbonyl (C=O) groups is 1. The van der Waals surface area contributed by atoms with E-state index in [9.17, 15) is 9.18 Å². The number of rotatable bonds is 5. The Kier molecular flexibility index (Phi) is 5.53.